The van der Waals surface area contributed by atoms with E-state index >= 15 is 0 Å². The van der Waals surface area contributed by atoms with Gasteiger partial charge < -0.3 is 4.74 Å². The van der Waals surface area contributed by atoms with Crippen molar-refractivity contribution in [3.8, 4) is 22.5 Å². The second-order valence-electron chi connectivity index (χ2n) is 9.66. The van der Waals surface area contributed by atoms with Crippen LogP contribution in [0.5, 0.6) is 5.75 Å². The molecule has 0 unspecified atom stereocenters. The highest BCUT2D eigenvalue weighted by molar-refractivity contribution is 7.89. The average molecular weight is 596 g/mol. The van der Waals surface area contributed by atoms with E-state index in [2.05, 4.69) is 26.2 Å². The van der Waals surface area contributed by atoms with E-state index in [1.54, 1.807) is 48.1 Å². The van der Waals surface area contributed by atoms with Crippen LogP contribution >= 0.6 is 11.3 Å². The van der Waals surface area contributed by atoms with Gasteiger partial charge in [-0.25, -0.2) is 22.2 Å². The van der Waals surface area contributed by atoms with Crippen molar-refractivity contribution in [1.82, 2.24) is 23.9 Å². The van der Waals surface area contributed by atoms with Crippen molar-refractivity contribution in [2.24, 2.45) is 4.99 Å². The number of alkyl halides is 2. The molecule has 2 aliphatic rings. The molecule has 0 bridgehead atoms. The number of sulfonamides is 1. The number of fused-ring (bicyclic) bond motifs is 1. The van der Waals surface area contributed by atoms with Gasteiger partial charge in [-0.3, -0.25) is 9.39 Å². The molecule has 0 atom stereocenters. The number of halogens is 2. The van der Waals surface area contributed by atoms with Crippen molar-refractivity contribution in [2.45, 2.75) is 42.7 Å². The summed E-state index contributed by atoms with van der Waals surface area (Å²) in [5.41, 5.74) is 1.68. The first kappa shape index (κ1) is 27.1. The molecule has 0 radical (unpaired) electrons. The summed E-state index contributed by atoms with van der Waals surface area (Å²) in [5, 5.41) is 17.3. The number of methoxy groups -OCH3 is 1. The van der Waals surface area contributed by atoms with Gasteiger partial charge in [-0.2, -0.15) is 9.57 Å². The average Bonchev–Trinajstić information content (AvgIpc) is 3.40. The summed E-state index contributed by atoms with van der Waals surface area (Å²) < 4.78 is 63.3. The van der Waals surface area contributed by atoms with Crippen molar-refractivity contribution in [3.63, 3.8) is 0 Å². The molecule has 1 aliphatic carbocycles. The highest BCUT2D eigenvalue weighted by Gasteiger charge is 2.54. The fourth-order valence-electron chi connectivity index (χ4n) is 4.75. The maximum Gasteiger partial charge on any atom is 0.291 e. The molecule has 4 aromatic rings. The number of nitriles is 1. The Labute approximate surface area is 238 Å². The first-order valence-electron chi connectivity index (χ1n) is 12.6. The predicted molar refractivity (Wildman–Crippen MR) is 148 cm³/mol. The van der Waals surface area contributed by atoms with Gasteiger partial charge in [0.1, 0.15) is 22.6 Å². The summed E-state index contributed by atoms with van der Waals surface area (Å²) >= 11 is 0.715. The van der Waals surface area contributed by atoms with Crippen LogP contribution in [0.3, 0.4) is 0 Å². The van der Waals surface area contributed by atoms with Crippen LogP contribution in [0.15, 0.2) is 58.7 Å². The van der Waals surface area contributed by atoms with Gasteiger partial charge in [0.2, 0.25) is 10.0 Å². The van der Waals surface area contributed by atoms with Gasteiger partial charge in [0.25, 0.3) is 6.43 Å². The maximum atomic E-state index is 14.4. The van der Waals surface area contributed by atoms with Crippen LogP contribution in [-0.2, 0) is 16.6 Å². The van der Waals surface area contributed by atoms with Crippen LogP contribution < -0.4 is 4.74 Å². The zero-order valence-electron chi connectivity index (χ0n) is 21.7. The zero-order chi connectivity index (χ0) is 28.8. The molecule has 41 heavy (non-hydrogen) atoms. The number of hydrogen-bond acceptors (Lipinski definition) is 9. The van der Waals surface area contributed by atoms with E-state index in [0.29, 0.717) is 65.4 Å². The lowest BCUT2D eigenvalue weighted by Gasteiger charge is -2.27. The molecule has 4 heterocycles. The molecule has 0 saturated heterocycles. The highest BCUT2D eigenvalue weighted by atomic mass is 32.2. The molecule has 14 heteroatoms. The number of nitrogens with zero attached hydrogens (tertiary/aromatic N) is 7. The van der Waals surface area contributed by atoms with E-state index in [1.165, 1.54) is 16.7 Å². The van der Waals surface area contributed by atoms with E-state index in [4.69, 9.17) is 4.74 Å². The highest BCUT2D eigenvalue weighted by Crippen LogP contribution is 2.45. The Bertz CT molecular complexity index is 1840. The van der Waals surface area contributed by atoms with Gasteiger partial charge in [-0.05, 0) is 42.2 Å². The molecular weight excluding hydrogens is 572 g/mol. The number of pyridine rings is 1. The fourth-order valence-corrected chi connectivity index (χ4v) is 7.22. The lowest BCUT2D eigenvalue weighted by molar-refractivity contribution is 0.150. The minimum atomic E-state index is -4.24. The molecule has 1 fully saturated rings. The number of hydrogen-bond donors (Lipinski definition) is 0. The molecule has 1 aliphatic heterocycles. The number of aliphatic imine (C=N–C) groups is 1. The van der Waals surface area contributed by atoms with Crippen LogP contribution in [-0.4, -0.2) is 57.7 Å². The maximum absolute atomic E-state index is 14.4. The summed E-state index contributed by atoms with van der Waals surface area (Å²) in [7, 11) is -2.70. The standard InChI is InChI=1S/C27H23F2N7O3S2/c1-39-19-4-2-17(3-5-19)14-36(27(16-30)8-9-27)41(37,38)20-12-21(18-6-10-31-11-7-18)24-32-13-22(35(24)15-20)25-33-34-26(40-25)23(28)29/h2-6,11-13,15,23H,7-10,14H2,1H3. The Hall–Kier alpha value is -4.06. The van der Waals surface area contributed by atoms with E-state index in [1.807, 2.05) is 6.08 Å². The molecule has 6 rings (SSSR count). The molecule has 1 aromatic carbocycles. The molecule has 3 aromatic heterocycles. The second kappa shape index (κ2) is 10.4. The number of benzene rings is 1. The Balaban J connectivity index is 1.51. The van der Waals surface area contributed by atoms with E-state index < -0.39 is 27.0 Å². The van der Waals surface area contributed by atoms with Crippen LogP contribution in [0.25, 0.3) is 21.9 Å². The molecule has 0 N–H and O–H groups in total. The van der Waals surface area contributed by atoms with Gasteiger partial charge >= 0.3 is 0 Å². The van der Waals surface area contributed by atoms with Crippen LogP contribution in [0.1, 0.15) is 41.8 Å². The smallest absolute Gasteiger partial charge is 0.291 e. The molecule has 10 nitrogen and oxygen atoms in total. The van der Waals surface area contributed by atoms with Crippen molar-refractivity contribution in [2.75, 3.05) is 13.7 Å². The third kappa shape index (κ3) is 4.90. The fraction of sp³-hybridized carbons (Fsp3) is 0.296. The van der Waals surface area contributed by atoms with Crippen LogP contribution in [0.2, 0.25) is 0 Å². The zero-order valence-corrected chi connectivity index (χ0v) is 23.4. The largest absolute Gasteiger partial charge is 0.497 e. The van der Waals surface area contributed by atoms with Crippen molar-refractivity contribution >= 4 is 38.8 Å². The first-order valence-corrected chi connectivity index (χ1v) is 14.9. The molecule has 0 amide bonds. The first-order chi connectivity index (χ1) is 19.8. The molecular formula is C27H23F2N7O3S2. The summed E-state index contributed by atoms with van der Waals surface area (Å²) in [6.07, 6.45) is 5.02. The SMILES string of the molecule is COc1ccc(CN(C2(C#N)CC2)S(=O)(=O)c2cc(C3=CCN=CC3)c3ncc(-c4nnc(C(F)F)s4)n3c2)cc1. The van der Waals surface area contributed by atoms with Gasteiger partial charge in [0.15, 0.2) is 10.0 Å². The lowest BCUT2D eigenvalue weighted by atomic mass is 10.0. The monoisotopic (exact) mass is 595 g/mol. The number of dihydropyridines is 1. The quantitative estimate of drug-likeness (QED) is 0.269. The minimum Gasteiger partial charge on any atom is -0.497 e. The third-order valence-electron chi connectivity index (χ3n) is 7.14. The summed E-state index contributed by atoms with van der Waals surface area (Å²) in [6, 6.07) is 10.8. The van der Waals surface area contributed by atoms with Gasteiger partial charge in [-0.15, -0.1) is 10.2 Å². The molecule has 1 saturated carbocycles. The summed E-state index contributed by atoms with van der Waals surface area (Å²) in [6.45, 7) is 0.412. The number of allylic oxidation sites excluding steroid dienone is 1. The Morgan fingerprint density at radius 3 is 2.63 bits per heavy atom. The van der Waals surface area contributed by atoms with Crippen molar-refractivity contribution in [1.29, 1.82) is 5.26 Å². The number of rotatable bonds is 9. The number of imidazole rings is 1. The Morgan fingerprint density at radius 1 is 1.24 bits per heavy atom. The van der Waals surface area contributed by atoms with Crippen LogP contribution in [0.4, 0.5) is 8.78 Å². The van der Waals surface area contributed by atoms with Crippen molar-refractivity contribution in [3.05, 3.63) is 64.9 Å². The summed E-state index contributed by atoms with van der Waals surface area (Å²) in [5.74, 6) is 0.628. The third-order valence-corrected chi connectivity index (χ3v) is 9.97. The van der Waals surface area contributed by atoms with E-state index in [0.717, 1.165) is 5.57 Å². The summed E-state index contributed by atoms with van der Waals surface area (Å²) in [4.78, 5) is 8.68. The van der Waals surface area contributed by atoms with E-state index in [-0.39, 0.29) is 16.4 Å². The van der Waals surface area contributed by atoms with Gasteiger partial charge in [0, 0.05) is 30.9 Å². The molecule has 210 valence electrons. The minimum absolute atomic E-state index is 0.0203. The number of aromatic nitrogens is 4. The van der Waals surface area contributed by atoms with Crippen molar-refractivity contribution < 1.29 is 21.9 Å². The van der Waals surface area contributed by atoms with Gasteiger partial charge in [-0.1, -0.05) is 29.5 Å². The lowest BCUT2D eigenvalue weighted by Crippen LogP contribution is -2.41. The molecule has 0 spiro atoms. The topological polar surface area (TPSA) is 126 Å². The van der Waals surface area contributed by atoms with E-state index in [9.17, 15) is 22.5 Å². The second-order valence-corrected chi connectivity index (χ2v) is 12.5. The Morgan fingerprint density at radius 2 is 2.02 bits per heavy atom. The van der Waals surface area contributed by atoms with Gasteiger partial charge in [0.05, 0.1) is 30.8 Å². The normalized spacial score (nSPS) is 16.2. The number of ether oxygens (including phenoxy) is 1. The van der Waals surface area contributed by atoms with Crippen LogP contribution in [0, 0.1) is 11.3 Å². The predicted octanol–water partition coefficient (Wildman–Crippen LogP) is 4.90. The Kier molecular flexibility index (Phi) is 6.88.